The summed E-state index contributed by atoms with van der Waals surface area (Å²) in [4.78, 5) is 4.07. The number of methoxy groups -OCH3 is 1. The van der Waals surface area contributed by atoms with Crippen molar-refractivity contribution in [1.29, 1.82) is 5.26 Å². The van der Waals surface area contributed by atoms with Crippen LogP contribution in [0.15, 0.2) is 16.1 Å². The molecule has 0 saturated heterocycles. The average molecular weight is 180 g/mol. The molecule has 0 N–H and O–H groups in total. The van der Waals surface area contributed by atoms with Crippen LogP contribution in [0, 0.1) is 11.3 Å². The molecule has 13 heavy (non-hydrogen) atoms. The maximum absolute atomic E-state index is 8.87. The molecule has 0 atom stereocenters. The zero-order valence-corrected chi connectivity index (χ0v) is 8.72. The first-order chi connectivity index (χ1) is 6.17. The smallest absolute Gasteiger partial charge is 0.101 e. The van der Waals surface area contributed by atoms with E-state index >= 15 is 0 Å². The Morgan fingerprint density at radius 3 is 2.38 bits per heavy atom. The lowest BCUT2D eigenvalue weighted by atomic mass is 10.0. The third-order valence-electron chi connectivity index (χ3n) is 1.71. The van der Waals surface area contributed by atoms with E-state index in [2.05, 4.69) is 11.1 Å². The number of allylic oxidation sites excluding steroid dienone is 2. The van der Waals surface area contributed by atoms with Gasteiger partial charge in [-0.15, -0.1) is 0 Å². The van der Waals surface area contributed by atoms with E-state index in [0.717, 1.165) is 11.3 Å². The van der Waals surface area contributed by atoms with Crippen LogP contribution in [0.25, 0.3) is 0 Å². The molecule has 0 radical (unpaired) electrons. The number of nitrogens with zero attached hydrogens (tertiary/aromatic N) is 2. The van der Waals surface area contributed by atoms with Crippen molar-refractivity contribution < 1.29 is 4.74 Å². The molecule has 0 heterocycles. The van der Waals surface area contributed by atoms with Crippen LogP contribution in [0.1, 0.15) is 20.3 Å². The quantitative estimate of drug-likeness (QED) is 0.490. The number of aliphatic imine (C=N–C) groups is 1. The zero-order valence-electron chi connectivity index (χ0n) is 8.72. The second-order valence-electron chi connectivity index (χ2n) is 2.90. The van der Waals surface area contributed by atoms with Gasteiger partial charge in [0.05, 0.1) is 17.9 Å². The van der Waals surface area contributed by atoms with Gasteiger partial charge >= 0.3 is 0 Å². The second kappa shape index (κ2) is 6.38. The Kier molecular flexibility index (Phi) is 5.82. The van der Waals surface area contributed by atoms with Crippen LogP contribution >= 0.6 is 0 Å². The highest BCUT2D eigenvalue weighted by Gasteiger charge is 2.06. The van der Waals surface area contributed by atoms with Crippen molar-refractivity contribution in [2.75, 3.05) is 20.8 Å². The van der Waals surface area contributed by atoms with Crippen molar-refractivity contribution >= 4 is 5.71 Å². The fraction of sp³-hybridized carbons (Fsp3) is 0.600. The van der Waals surface area contributed by atoms with Crippen LogP contribution in [-0.4, -0.2) is 26.5 Å². The average Bonchev–Trinajstić information content (AvgIpc) is 2.11. The molecule has 0 amide bonds. The predicted octanol–water partition coefficient (Wildman–Crippen LogP) is 1.95. The van der Waals surface area contributed by atoms with E-state index in [1.54, 1.807) is 14.2 Å². The molecule has 0 unspecified atom stereocenters. The summed E-state index contributed by atoms with van der Waals surface area (Å²) < 4.78 is 4.94. The van der Waals surface area contributed by atoms with Crippen LogP contribution in [0.3, 0.4) is 0 Å². The van der Waals surface area contributed by atoms with Gasteiger partial charge < -0.3 is 4.74 Å². The maximum Gasteiger partial charge on any atom is 0.101 e. The standard InChI is InChI=1S/C10H16N2O/c1-8(2)9(7-11)10(12-3)5-6-13-4/h5-6H2,1-4H3. The number of rotatable bonds is 4. The summed E-state index contributed by atoms with van der Waals surface area (Å²) in [5, 5.41) is 8.87. The molecule has 0 aromatic heterocycles. The van der Waals surface area contributed by atoms with Gasteiger partial charge in [0.2, 0.25) is 0 Å². The van der Waals surface area contributed by atoms with E-state index in [-0.39, 0.29) is 0 Å². The summed E-state index contributed by atoms with van der Waals surface area (Å²) in [7, 11) is 3.34. The molecule has 3 nitrogen and oxygen atoms in total. The Hall–Kier alpha value is -1.14. The van der Waals surface area contributed by atoms with E-state index in [1.807, 2.05) is 13.8 Å². The Balaban J connectivity index is 4.61. The lowest BCUT2D eigenvalue weighted by Crippen LogP contribution is -2.06. The minimum Gasteiger partial charge on any atom is -0.384 e. The van der Waals surface area contributed by atoms with E-state index in [9.17, 15) is 0 Å². The predicted molar refractivity (Wildman–Crippen MR) is 53.8 cm³/mol. The van der Waals surface area contributed by atoms with E-state index in [0.29, 0.717) is 18.6 Å². The fourth-order valence-electron chi connectivity index (χ4n) is 1.01. The highest BCUT2D eigenvalue weighted by Crippen LogP contribution is 2.07. The minimum atomic E-state index is 0.602. The van der Waals surface area contributed by atoms with Crippen molar-refractivity contribution in [1.82, 2.24) is 0 Å². The van der Waals surface area contributed by atoms with Crippen LogP contribution in [-0.2, 0) is 4.74 Å². The summed E-state index contributed by atoms with van der Waals surface area (Å²) >= 11 is 0. The molecule has 0 aliphatic rings. The summed E-state index contributed by atoms with van der Waals surface area (Å²) in [6.45, 7) is 4.43. The largest absolute Gasteiger partial charge is 0.384 e. The van der Waals surface area contributed by atoms with Crippen molar-refractivity contribution in [2.24, 2.45) is 4.99 Å². The van der Waals surface area contributed by atoms with Crippen LogP contribution in [0.4, 0.5) is 0 Å². The van der Waals surface area contributed by atoms with Crippen molar-refractivity contribution in [3.05, 3.63) is 11.1 Å². The van der Waals surface area contributed by atoms with E-state index in [4.69, 9.17) is 10.00 Å². The van der Waals surface area contributed by atoms with Crippen LogP contribution in [0.2, 0.25) is 0 Å². The summed E-state index contributed by atoms with van der Waals surface area (Å²) in [5.74, 6) is 0. The van der Waals surface area contributed by atoms with E-state index in [1.165, 1.54) is 0 Å². The summed E-state index contributed by atoms with van der Waals surface area (Å²) in [5.41, 5.74) is 2.50. The molecule has 0 fully saturated rings. The van der Waals surface area contributed by atoms with Crippen LogP contribution < -0.4 is 0 Å². The molecule has 0 aromatic carbocycles. The molecular weight excluding hydrogens is 164 g/mol. The SMILES string of the molecule is CN=C(CCOC)C(C#N)=C(C)C. The first-order valence-electron chi connectivity index (χ1n) is 4.19. The first-order valence-corrected chi connectivity index (χ1v) is 4.19. The van der Waals surface area contributed by atoms with Gasteiger partial charge in [-0.25, -0.2) is 0 Å². The van der Waals surface area contributed by atoms with Gasteiger partial charge in [0.25, 0.3) is 0 Å². The number of nitriles is 1. The summed E-state index contributed by atoms with van der Waals surface area (Å²) in [6, 6.07) is 2.15. The van der Waals surface area contributed by atoms with Gasteiger partial charge in [0, 0.05) is 20.6 Å². The lowest BCUT2D eigenvalue weighted by molar-refractivity contribution is 0.207. The van der Waals surface area contributed by atoms with E-state index < -0.39 is 0 Å². The molecule has 0 bridgehead atoms. The third kappa shape index (κ3) is 3.86. The fourth-order valence-corrected chi connectivity index (χ4v) is 1.01. The van der Waals surface area contributed by atoms with Gasteiger partial charge in [0.15, 0.2) is 0 Å². The number of ether oxygens (including phenoxy) is 1. The highest BCUT2D eigenvalue weighted by molar-refractivity contribution is 6.04. The monoisotopic (exact) mass is 180 g/mol. The zero-order chi connectivity index (χ0) is 10.3. The Labute approximate surface area is 79.7 Å². The molecule has 72 valence electrons. The molecule has 0 spiro atoms. The Bertz CT molecular complexity index is 255. The highest BCUT2D eigenvalue weighted by atomic mass is 16.5. The van der Waals surface area contributed by atoms with Crippen molar-refractivity contribution in [2.45, 2.75) is 20.3 Å². The molecular formula is C10H16N2O. The van der Waals surface area contributed by atoms with Gasteiger partial charge in [-0.05, 0) is 13.8 Å². The van der Waals surface area contributed by atoms with Crippen LogP contribution in [0.5, 0.6) is 0 Å². The van der Waals surface area contributed by atoms with Crippen molar-refractivity contribution in [3.8, 4) is 6.07 Å². The maximum atomic E-state index is 8.87. The van der Waals surface area contributed by atoms with Gasteiger partial charge in [0.1, 0.15) is 6.07 Å². The second-order valence-corrected chi connectivity index (χ2v) is 2.90. The molecule has 0 aliphatic heterocycles. The molecule has 3 heteroatoms. The summed E-state index contributed by atoms with van der Waals surface area (Å²) in [6.07, 6.45) is 0.696. The molecule has 0 rings (SSSR count). The number of hydrogen-bond acceptors (Lipinski definition) is 3. The molecule has 0 aromatic rings. The van der Waals surface area contributed by atoms with Crippen molar-refractivity contribution in [3.63, 3.8) is 0 Å². The topological polar surface area (TPSA) is 45.4 Å². The third-order valence-corrected chi connectivity index (χ3v) is 1.71. The minimum absolute atomic E-state index is 0.602. The molecule has 0 saturated carbocycles. The lowest BCUT2D eigenvalue weighted by Gasteiger charge is -2.04. The normalized spacial score (nSPS) is 10.8. The van der Waals surface area contributed by atoms with Gasteiger partial charge in [-0.2, -0.15) is 5.26 Å². The van der Waals surface area contributed by atoms with Gasteiger partial charge in [-0.3, -0.25) is 4.99 Å². The Morgan fingerprint density at radius 2 is 2.08 bits per heavy atom. The molecule has 0 aliphatic carbocycles. The Morgan fingerprint density at radius 1 is 1.46 bits per heavy atom. The first kappa shape index (κ1) is 11.9. The number of hydrogen-bond donors (Lipinski definition) is 0. The van der Waals surface area contributed by atoms with Gasteiger partial charge in [-0.1, -0.05) is 5.57 Å².